The predicted octanol–water partition coefficient (Wildman–Crippen LogP) is 2.07. The highest BCUT2D eigenvalue weighted by atomic mass is 19.4. The van der Waals surface area contributed by atoms with Gasteiger partial charge in [-0.1, -0.05) is 30.3 Å². The van der Waals surface area contributed by atoms with Crippen molar-refractivity contribution in [1.82, 2.24) is 14.8 Å². The lowest BCUT2D eigenvalue weighted by Gasteiger charge is -2.12. The summed E-state index contributed by atoms with van der Waals surface area (Å²) >= 11 is 0. The van der Waals surface area contributed by atoms with Crippen LogP contribution in [0.4, 0.5) is 13.2 Å². The van der Waals surface area contributed by atoms with Gasteiger partial charge < -0.3 is 10.8 Å². The Hall–Kier alpha value is -1.93. The fourth-order valence-electron chi connectivity index (χ4n) is 2.91. The summed E-state index contributed by atoms with van der Waals surface area (Å²) in [5.41, 5.74) is 6.42. The largest absolute Gasteiger partial charge is 0.408 e. The molecule has 1 aromatic heterocycles. The standard InChI is InChI=1S/C15H17F3N4O/c16-15(17,18)8-22-14(10-6-11(19)12(23)7-10)20-13(21-22)9-4-2-1-3-5-9/h1-5,10-12,23H,6-8,19H2/t10-,11-,12-/m0/s1. The molecule has 0 aliphatic heterocycles. The highest BCUT2D eigenvalue weighted by Gasteiger charge is 2.37. The lowest BCUT2D eigenvalue weighted by Crippen LogP contribution is -2.28. The minimum atomic E-state index is -4.39. The average molecular weight is 326 g/mol. The molecule has 0 amide bonds. The van der Waals surface area contributed by atoms with Crippen molar-refractivity contribution in [3.8, 4) is 11.4 Å². The average Bonchev–Trinajstić information content (AvgIpc) is 3.02. The first-order chi connectivity index (χ1) is 10.8. The van der Waals surface area contributed by atoms with Gasteiger partial charge in [0.2, 0.25) is 0 Å². The number of alkyl halides is 3. The Morgan fingerprint density at radius 3 is 2.48 bits per heavy atom. The number of aliphatic hydroxyl groups is 1. The molecular formula is C15H17F3N4O. The van der Waals surface area contributed by atoms with Crippen LogP contribution in [0.25, 0.3) is 11.4 Å². The third-order valence-corrected chi connectivity index (χ3v) is 4.00. The zero-order valence-electron chi connectivity index (χ0n) is 12.2. The Balaban J connectivity index is 1.97. The van der Waals surface area contributed by atoms with Crippen molar-refractivity contribution in [2.24, 2.45) is 5.73 Å². The van der Waals surface area contributed by atoms with Gasteiger partial charge in [0.25, 0.3) is 0 Å². The van der Waals surface area contributed by atoms with Crippen molar-refractivity contribution in [3.63, 3.8) is 0 Å². The van der Waals surface area contributed by atoms with E-state index in [0.717, 1.165) is 4.68 Å². The molecule has 23 heavy (non-hydrogen) atoms. The second-order valence-electron chi connectivity index (χ2n) is 5.83. The summed E-state index contributed by atoms with van der Waals surface area (Å²) in [6, 6.07) is 8.39. The molecule has 3 N–H and O–H groups in total. The lowest BCUT2D eigenvalue weighted by atomic mass is 10.1. The second kappa shape index (κ2) is 5.93. The molecule has 0 radical (unpaired) electrons. The van der Waals surface area contributed by atoms with Crippen LogP contribution in [0, 0.1) is 0 Å². The summed E-state index contributed by atoms with van der Waals surface area (Å²) in [5, 5.41) is 13.8. The Morgan fingerprint density at radius 2 is 1.91 bits per heavy atom. The number of benzene rings is 1. The molecule has 3 rings (SSSR count). The maximum absolute atomic E-state index is 12.8. The number of aromatic nitrogens is 3. The Kier molecular flexibility index (Phi) is 4.11. The van der Waals surface area contributed by atoms with E-state index in [2.05, 4.69) is 10.1 Å². The summed E-state index contributed by atoms with van der Waals surface area (Å²) in [6.45, 7) is -1.20. The highest BCUT2D eigenvalue weighted by molar-refractivity contribution is 5.54. The summed E-state index contributed by atoms with van der Waals surface area (Å²) in [7, 11) is 0. The summed E-state index contributed by atoms with van der Waals surface area (Å²) in [4.78, 5) is 4.30. The van der Waals surface area contributed by atoms with Gasteiger partial charge in [0.15, 0.2) is 5.82 Å². The van der Waals surface area contributed by atoms with Crippen molar-refractivity contribution in [2.75, 3.05) is 0 Å². The van der Waals surface area contributed by atoms with Crippen LogP contribution in [-0.4, -0.2) is 38.2 Å². The molecule has 1 saturated carbocycles. The van der Waals surface area contributed by atoms with Crippen LogP contribution in [-0.2, 0) is 6.54 Å². The summed E-state index contributed by atoms with van der Waals surface area (Å²) < 4.78 is 39.3. The number of hydrogen-bond donors (Lipinski definition) is 2. The molecule has 0 saturated heterocycles. The zero-order chi connectivity index (χ0) is 16.6. The van der Waals surface area contributed by atoms with Gasteiger partial charge in [-0.3, -0.25) is 0 Å². The van der Waals surface area contributed by atoms with Gasteiger partial charge in [-0.25, -0.2) is 9.67 Å². The van der Waals surface area contributed by atoms with E-state index in [9.17, 15) is 18.3 Å². The van der Waals surface area contributed by atoms with Gasteiger partial charge in [0, 0.05) is 17.5 Å². The summed E-state index contributed by atoms with van der Waals surface area (Å²) in [5.74, 6) is 0.153. The molecule has 5 nitrogen and oxygen atoms in total. The van der Waals surface area contributed by atoms with Crippen LogP contribution >= 0.6 is 0 Å². The molecule has 8 heteroatoms. The Bertz CT molecular complexity index is 661. The van der Waals surface area contributed by atoms with Crippen molar-refractivity contribution in [2.45, 2.75) is 43.6 Å². The normalized spacial score (nSPS) is 25.0. The number of halogens is 3. The molecule has 1 aromatic carbocycles. The van der Waals surface area contributed by atoms with Gasteiger partial charge in [-0.15, -0.1) is 0 Å². The number of nitrogens with zero attached hydrogens (tertiary/aromatic N) is 3. The second-order valence-corrected chi connectivity index (χ2v) is 5.83. The number of hydrogen-bond acceptors (Lipinski definition) is 4. The first-order valence-corrected chi connectivity index (χ1v) is 7.34. The van der Waals surface area contributed by atoms with Gasteiger partial charge in [-0.05, 0) is 12.8 Å². The molecule has 0 spiro atoms. The zero-order valence-corrected chi connectivity index (χ0v) is 12.2. The number of nitrogens with two attached hydrogens (primary N) is 1. The highest BCUT2D eigenvalue weighted by Crippen LogP contribution is 2.34. The number of aliphatic hydroxyl groups excluding tert-OH is 1. The monoisotopic (exact) mass is 326 g/mol. The molecule has 1 fully saturated rings. The summed E-state index contributed by atoms with van der Waals surface area (Å²) in [6.07, 6.45) is -4.43. The van der Waals surface area contributed by atoms with Crippen molar-refractivity contribution < 1.29 is 18.3 Å². The van der Waals surface area contributed by atoms with Crippen LogP contribution in [0.3, 0.4) is 0 Å². The molecule has 1 aliphatic carbocycles. The van der Waals surface area contributed by atoms with Crippen LogP contribution in [0.5, 0.6) is 0 Å². The maximum atomic E-state index is 12.8. The first-order valence-electron chi connectivity index (χ1n) is 7.34. The van der Waals surface area contributed by atoms with E-state index in [-0.39, 0.29) is 17.6 Å². The van der Waals surface area contributed by atoms with E-state index in [1.165, 1.54) is 0 Å². The molecule has 0 unspecified atom stereocenters. The minimum Gasteiger partial charge on any atom is -0.391 e. The van der Waals surface area contributed by atoms with Gasteiger partial charge in [-0.2, -0.15) is 18.3 Å². The fourth-order valence-corrected chi connectivity index (χ4v) is 2.91. The SMILES string of the molecule is N[C@H]1C[C@H](c2nc(-c3ccccc3)nn2CC(F)(F)F)C[C@@H]1O. The lowest BCUT2D eigenvalue weighted by molar-refractivity contribution is -0.143. The maximum Gasteiger partial charge on any atom is 0.408 e. The topological polar surface area (TPSA) is 77.0 Å². The van der Waals surface area contributed by atoms with Crippen LogP contribution in [0.2, 0.25) is 0 Å². The molecule has 3 atom stereocenters. The van der Waals surface area contributed by atoms with Gasteiger partial charge >= 0.3 is 6.18 Å². The van der Waals surface area contributed by atoms with E-state index >= 15 is 0 Å². The quantitative estimate of drug-likeness (QED) is 0.905. The molecular weight excluding hydrogens is 309 g/mol. The van der Waals surface area contributed by atoms with Crippen molar-refractivity contribution in [3.05, 3.63) is 36.2 Å². The smallest absolute Gasteiger partial charge is 0.391 e. The molecule has 1 heterocycles. The van der Waals surface area contributed by atoms with E-state index in [4.69, 9.17) is 5.73 Å². The minimum absolute atomic E-state index is 0.230. The number of rotatable bonds is 3. The van der Waals surface area contributed by atoms with Crippen LogP contribution < -0.4 is 5.73 Å². The predicted molar refractivity (Wildman–Crippen MR) is 77.5 cm³/mol. The molecule has 1 aliphatic rings. The van der Waals surface area contributed by atoms with Crippen LogP contribution in [0.15, 0.2) is 30.3 Å². The third kappa shape index (κ3) is 3.53. The van der Waals surface area contributed by atoms with Crippen molar-refractivity contribution >= 4 is 0 Å². The van der Waals surface area contributed by atoms with E-state index < -0.39 is 24.9 Å². The first kappa shape index (κ1) is 15.9. The van der Waals surface area contributed by atoms with Gasteiger partial charge in [0.1, 0.15) is 12.4 Å². The molecule has 124 valence electrons. The Labute approximate surface area is 130 Å². The fraction of sp³-hybridized carbons (Fsp3) is 0.467. The van der Waals surface area contributed by atoms with E-state index in [1.807, 2.05) is 6.07 Å². The van der Waals surface area contributed by atoms with Gasteiger partial charge in [0.05, 0.1) is 6.10 Å². The molecule has 0 bridgehead atoms. The van der Waals surface area contributed by atoms with E-state index in [0.29, 0.717) is 18.4 Å². The third-order valence-electron chi connectivity index (χ3n) is 4.00. The van der Waals surface area contributed by atoms with Crippen LogP contribution in [0.1, 0.15) is 24.6 Å². The Morgan fingerprint density at radius 1 is 1.22 bits per heavy atom. The van der Waals surface area contributed by atoms with Crippen molar-refractivity contribution in [1.29, 1.82) is 0 Å². The van der Waals surface area contributed by atoms with E-state index in [1.54, 1.807) is 24.3 Å². The molecule has 2 aromatic rings.